The normalized spacial score (nSPS) is 11.7. The summed E-state index contributed by atoms with van der Waals surface area (Å²) in [4.78, 5) is 21.8. The van der Waals surface area contributed by atoms with Gasteiger partial charge in [-0.25, -0.2) is 4.79 Å². The summed E-state index contributed by atoms with van der Waals surface area (Å²) in [6, 6.07) is 7.17. The standard InChI is InChI=1S/C14H17N5O3/c1-11(10-18-8-2-7-16-18)9-15-14(20)17-12-3-5-13(6-4-12)19(21)22/h2-8,11H,9-10H2,1H3,(H2,15,17,20)/t11-/m1/s1. The minimum Gasteiger partial charge on any atom is -0.338 e. The topological polar surface area (TPSA) is 102 Å². The highest BCUT2D eigenvalue weighted by Crippen LogP contribution is 2.15. The van der Waals surface area contributed by atoms with Crippen molar-refractivity contribution in [1.29, 1.82) is 0 Å². The number of amides is 2. The van der Waals surface area contributed by atoms with Gasteiger partial charge in [0.25, 0.3) is 5.69 Å². The van der Waals surface area contributed by atoms with E-state index in [1.54, 1.807) is 10.9 Å². The lowest BCUT2D eigenvalue weighted by Gasteiger charge is -2.13. The van der Waals surface area contributed by atoms with E-state index >= 15 is 0 Å². The SMILES string of the molecule is C[C@H](CNC(=O)Nc1ccc([N+](=O)[O-])cc1)Cn1cccn1. The van der Waals surface area contributed by atoms with Crippen LogP contribution in [0.2, 0.25) is 0 Å². The molecule has 1 heterocycles. The first kappa shape index (κ1) is 15.5. The molecule has 0 radical (unpaired) electrons. The predicted octanol–water partition coefficient (Wildman–Crippen LogP) is 2.25. The van der Waals surface area contributed by atoms with E-state index in [-0.39, 0.29) is 17.6 Å². The number of nitrogens with one attached hydrogen (secondary N) is 2. The van der Waals surface area contributed by atoms with E-state index in [9.17, 15) is 14.9 Å². The molecule has 2 rings (SSSR count). The van der Waals surface area contributed by atoms with Gasteiger partial charge >= 0.3 is 6.03 Å². The summed E-state index contributed by atoms with van der Waals surface area (Å²) >= 11 is 0. The van der Waals surface area contributed by atoms with E-state index in [1.807, 2.05) is 19.2 Å². The van der Waals surface area contributed by atoms with Gasteiger partial charge in [0.1, 0.15) is 0 Å². The van der Waals surface area contributed by atoms with E-state index in [4.69, 9.17) is 0 Å². The van der Waals surface area contributed by atoms with Crippen LogP contribution in [0.5, 0.6) is 0 Å². The molecule has 0 unspecified atom stereocenters. The van der Waals surface area contributed by atoms with Crippen molar-refractivity contribution in [1.82, 2.24) is 15.1 Å². The van der Waals surface area contributed by atoms with Crippen molar-refractivity contribution in [3.05, 3.63) is 52.8 Å². The number of hydrogen-bond acceptors (Lipinski definition) is 4. The fraction of sp³-hybridized carbons (Fsp3) is 0.286. The third-order valence-corrected chi connectivity index (χ3v) is 3.00. The van der Waals surface area contributed by atoms with E-state index in [2.05, 4.69) is 15.7 Å². The molecule has 22 heavy (non-hydrogen) atoms. The van der Waals surface area contributed by atoms with Crippen LogP contribution in [0.25, 0.3) is 0 Å². The number of rotatable bonds is 6. The zero-order chi connectivity index (χ0) is 15.9. The molecule has 0 aliphatic carbocycles. The molecule has 0 fully saturated rings. The highest BCUT2D eigenvalue weighted by Gasteiger charge is 2.08. The molecule has 8 heteroatoms. The first-order valence-electron chi connectivity index (χ1n) is 6.81. The smallest absolute Gasteiger partial charge is 0.319 e. The molecule has 2 N–H and O–H groups in total. The predicted molar refractivity (Wildman–Crippen MR) is 81.5 cm³/mol. The fourth-order valence-electron chi connectivity index (χ4n) is 1.90. The molecule has 0 aliphatic heterocycles. The number of carbonyl (C=O) groups excluding carboxylic acids is 1. The Morgan fingerprint density at radius 3 is 2.73 bits per heavy atom. The van der Waals surface area contributed by atoms with Gasteiger partial charge in [0.15, 0.2) is 0 Å². The fourth-order valence-corrected chi connectivity index (χ4v) is 1.90. The highest BCUT2D eigenvalue weighted by molar-refractivity contribution is 5.89. The van der Waals surface area contributed by atoms with Gasteiger partial charge in [-0.05, 0) is 24.1 Å². The molecule has 0 aliphatic rings. The zero-order valence-corrected chi connectivity index (χ0v) is 12.1. The molecule has 0 spiro atoms. The van der Waals surface area contributed by atoms with E-state index in [1.165, 1.54) is 24.3 Å². The van der Waals surface area contributed by atoms with Crippen molar-refractivity contribution in [2.45, 2.75) is 13.5 Å². The number of nitro benzene ring substituents is 1. The summed E-state index contributed by atoms with van der Waals surface area (Å²) in [7, 11) is 0. The summed E-state index contributed by atoms with van der Waals surface area (Å²) in [5, 5.41) is 20.0. The molecule has 2 aromatic rings. The second-order valence-electron chi connectivity index (χ2n) is 4.97. The Hall–Kier alpha value is -2.90. The number of aromatic nitrogens is 2. The molecular weight excluding hydrogens is 286 g/mol. The number of nitrogens with zero attached hydrogens (tertiary/aromatic N) is 3. The number of urea groups is 1. The van der Waals surface area contributed by atoms with Crippen molar-refractivity contribution in [2.75, 3.05) is 11.9 Å². The van der Waals surface area contributed by atoms with Crippen molar-refractivity contribution in [3.8, 4) is 0 Å². The first-order chi connectivity index (χ1) is 10.5. The number of benzene rings is 1. The van der Waals surface area contributed by atoms with Crippen LogP contribution < -0.4 is 10.6 Å². The van der Waals surface area contributed by atoms with Gasteiger partial charge in [0.2, 0.25) is 0 Å². The Balaban J connectivity index is 1.76. The minimum absolute atomic E-state index is 0.0150. The summed E-state index contributed by atoms with van der Waals surface area (Å²) < 4.78 is 1.81. The first-order valence-corrected chi connectivity index (χ1v) is 6.81. The third-order valence-electron chi connectivity index (χ3n) is 3.00. The van der Waals surface area contributed by atoms with Crippen LogP contribution in [0.4, 0.5) is 16.2 Å². The van der Waals surface area contributed by atoms with Gasteiger partial charge in [0, 0.05) is 43.3 Å². The molecule has 8 nitrogen and oxygen atoms in total. The van der Waals surface area contributed by atoms with Gasteiger partial charge < -0.3 is 10.6 Å². The van der Waals surface area contributed by atoms with Crippen molar-refractivity contribution in [2.24, 2.45) is 5.92 Å². The van der Waals surface area contributed by atoms with E-state index in [0.717, 1.165) is 0 Å². The second-order valence-corrected chi connectivity index (χ2v) is 4.97. The third kappa shape index (κ3) is 4.58. The van der Waals surface area contributed by atoms with Gasteiger partial charge in [0.05, 0.1) is 4.92 Å². The van der Waals surface area contributed by atoms with Crippen molar-refractivity contribution >= 4 is 17.4 Å². The second kappa shape index (κ2) is 7.21. The number of anilines is 1. The lowest BCUT2D eigenvalue weighted by molar-refractivity contribution is -0.384. The van der Waals surface area contributed by atoms with Crippen LogP contribution in [-0.2, 0) is 6.54 Å². The van der Waals surface area contributed by atoms with Crippen LogP contribution in [0.15, 0.2) is 42.7 Å². The molecule has 1 aromatic carbocycles. The molecule has 2 amide bonds. The van der Waals surface area contributed by atoms with Crippen LogP contribution in [-0.4, -0.2) is 27.3 Å². The maximum Gasteiger partial charge on any atom is 0.319 e. The van der Waals surface area contributed by atoms with Crippen LogP contribution >= 0.6 is 0 Å². The molecular formula is C14H17N5O3. The highest BCUT2D eigenvalue weighted by atomic mass is 16.6. The molecule has 1 atom stereocenters. The van der Waals surface area contributed by atoms with Gasteiger partial charge in [-0.3, -0.25) is 14.8 Å². The number of carbonyl (C=O) groups is 1. The van der Waals surface area contributed by atoms with Crippen LogP contribution in [0.1, 0.15) is 6.92 Å². The average Bonchev–Trinajstić information content (AvgIpc) is 2.98. The molecule has 1 aromatic heterocycles. The lowest BCUT2D eigenvalue weighted by Crippen LogP contribution is -2.33. The van der Waals surface area contributed by atoms with E-state index in [0.29, 0.717) is 18.8 Å². The van der Waals surface area contributed by atoms with Gasteiger partial charge in [-0.15, -0.1) is 0 Å². The number of non-ortho nitro benzene ring substituents is 1. The summed E-state index contributed by atoms with van der Waals surface area (Å²) in [6.45, 7) is 3.22. The zero-order valence-electron chi connectivity index (χ0n) is 12.1. The number of hydrogen-bond donors (Lipinski definition) is 2. The van der Waals surface area contributed by atoms with Gasteiger partial charge in [-0.2, -0.15) is 5.10 Å². The average molecular weight is 303 g/mol. The van der Waals surface area contributed by atoms with Crippen LogP contribution in [0.3, 0.4) is 0 Å². The Bertz CT molecular complexity index is 624. The minimum atomic E-state index is -0.485. The summed E-state index contributed by atoms with van der Waals surface area (Å²) in [5.41, 5.74) is 0.488. The summed E-state index contributed by atoms with van der Waals surface area (Å²) in [5.74, 6) is 0.225. The summed E-state index contributed by atoms with van der Waals surface area (Å²) in [6.07, 6.45) is 3.58. The monoisotopic (exact) mass is 303 g/mol. The van der Waals surface area contributed by atoms with Crippen LogP contribution in [0, 0.1) is 16.0 Å². The Labute approximate surface area is 127 Å². The molecule has 0 saturated heterocycles. The molecule has 116 valence electrons. The largest absolute Gasteiger partial charge is 0.338 e. The maximum atomic E-state index is 11.8. The Kier molecular flexibility index (Phi) is 5.07. The quantitative estimate of drug-likeness (QED) is 0.631. The van der Waals surface area contributed by atoms with Crippen molar-refractivity contribution in [3.63, 3.8) is 0 Å². The Morgan fingerprint density at radius 2 is 2.14 bits per heavy atom. The molecule has 0 bridgehead atoms. The van der Waals surface area contributed by atoms with E-state index < -0.39 is 4.92 Å². The lowest BCUT2D eigenvalue weighted by atomic mass is 10.2. The molecule has 0 saturated carbocycles. The van der Waals surface area contributed by atoms with Crippen molar-refractivity contribution < 1.29 is 9.72 Å². The van der Waals surface area contributed by atoms with Gasteiger partial charge in [-0.1, -0.05) is 6.92 Å². The Morgan fingerprint density at radius 1 is 1.41 bits per heavy atom. The maximum absolute atomic E-state index is 11.8. The number of nitro groups is 1.